The maximum Gasteiger partial charge on any atom is 0.183 e. The molecule has 15 heavy (non-hydrogen) atoms. The molecule has 0 aliphatic carbocycles. The molecule has 2 rings (SSSR count). The number of hydrogen-bond acceptors (Lipinski definition) is 3. The van der Waals surface area contributed by atoms with Gasteiger partial charge in [0.25, 0.3) is 0 Å². The number of halogens is 3. The number of nitrogens with zero attached hydrogens (tertiary/aromatic N) is 2. The summed E-state index contributed by atoms with van der Waals surface area (Å²) in [5, 5.41) is 8.83. The second-order valence-electron chi connectivity index (χ2n) is 2.83. The molecule has 1 aromatic heterocycles. The van der Waals surface area contributed by atoms with Crippen LogP contribution in [0.1, 0.15) is 10.6 Å². The Morgan fingerprint density at radius 3 is 2.80 bits per heavy atom. The third-order valence-corrected chi connectivity index (χ3v) is 3.54. The van der Waals surface area contributed by atoms with Gasteiger partial charge in [0.1, 0.15) is 10.8 Å². The zero-order valence-electron chi connectivity index (χ0n) is 7.38. The first-order valence-electron chi connectivity index (χ1n) is 4.07. The smallest absolute Gasteiger partial charge is 0.183 e. The van der Waals surface area contributed by atoms with Gasteiger partial charge >= 0.3 is 0 Å². The van der Waals surface area contributed by atoms with E-state index in [9.17, 15) is 4.39 Å². The van der Waals surface area contributed by atoms with Gasteiger partial charge in [-0.15, -0.1) is 10.2 Å². The molecule has 0 aliphatic heterocycles. The van der Waals surface area contributed by atoms with E-state index in [0.717, 1.165) is 5.01 Å². The average molecular weight is 308 g/mol. The van der Waals surface area contributed by atoms with Crippen LogP contribution in [0.2, 0.25) is 5.02 Å². The minimum Gasteiger partial charge on any atom is -0.207 e. The molecule has 0 atom stereocenters. The quantitative estimate of drug-likeness (QED) is 0.846. The topological polar surface area (TPSA) is 25.8 Å². The molecule has 0 radical (unpaired) electrons. The van der Waals surface area contributed by atoms with E-state index in [1.807, 2.05) is 0 Å². The summed E-state index contributed by atoms with van der Waals surface area (Å²) in [5.74, 6) is -0.311. The van der Waals surface area contributed by atoms with Crippen molar-refractivity contribution in [3.63, 3.8) is 0 Å². The molecule has 0 unspecified atom stereocenters. The van der Waals surface area contributed by atoms with E-state index in [0.29, 0.717) is 20.9 Å². The van der Waals surface area contributed by atoms with Crippen molar-refractivity contribution in [2.24, 2.45) is 0 Å². The Morgan fingerprint density at radius 2 is 2.20 bits per heavy atom. The number of aromatic nitrogens is 2. The summed E-state index contributed by atoms with van der Waals surface area (Å²) in [6.45, 7) is 0. The van der Waals surface area contributed by atoms with Gasteiger partial charge in [-0.25, -0.2) is 4.39 Å². The van der Waals surface area contributed by atoms with E-state index < -0.39 is 0 Å². The molecule has 0 saturated heterocycles. The van der Waals surface area contributed by atoms with Gasteiger partial charge in [-0.1, -0.05) is 29.0 Å². The summed E-state index contributed by atoms with van der Waals surface area (Å²) >= 11 is 10.5. The highest BCUT2D eigenvalue weighted by molar-refractivity contribution is 9.11. The van der Waals surface area contributed by atoms with Crippen molar-refractivity contribution < 1.29 is 4.39 Å². The lowest BCUT2D eigenvalue weighted by molar-refractivity contribution is 0.613. The van der Waals surface area contributed by atoms with Gasteiger partial charge in [-0.3, -0.25) is 0 Å². The summed E-state index contributed by atoms with van der Waals surface area (Å²) in [6.07, 6.45) is 0.370. The molecule has 2 nitrogen and oxygen atoms in total. The molecular weight excluding hydrogens is 303 g/mol. The summed E-state index contributed by atoms with van der Waals surface area (Å²) in [4.78, 5) is 0. The highest BCUT2D eigenvalue weighted by atomic mass is 79.9. The van der Waals surface area contributed by atoms with Crippen molar-refractivity contribution in [3.05, 3.63) is 43.5 Å². The lowest BCUT2D eigenvalue weighted by Gasteiger charge is -2.02. The molecule has 0 fully saturated rings. The molecule has 0 spiro atoms. The fraction of sp³-hybridized carbons (Fsp3) is 0.111. The Bertz CT molecular complexity index is 468. The molecule has 0 aliphatic rings. The molecule has 0 amide bonds. The zero-order chi connectivity index (χ0) is 10.8. The summed E-state index contributed by atoms with van der Waals surface area (Å²) in [5.41, 5.74) is 0.461. The first kappa shape index (κ1) is 11.0. The van der Waals surface area contributed by atoms with Gasteiger partial charge < -0.3 is 0 Å². The van der Waals surface area contributed by atoms with Crippen molar-refractivity contribution in [3.8, 4) is 0 Å². The lowest BCUT2D eigenvalue weighted by Crippen LogP contribution is -1.93. The van der Waals surface area contributed by atoms with Gasteiger partial charge in [0.15, 0.2) is 3.92 Å². The fourth-order valence-corrected chi connectivity index (χ4v) is 2.60. The summed E-state index contributed by atoms with van der Waals surface area (Å²) < 4.78 is 14.1. The van der Waals surface area contributed by atoms with Crippen molar-refractivity contribution in [2.75, 3.05) is 0 Å². The second kappa shape index (κ2) is 4.55. The zero-order valence-corrected chi connectivity index (χ0v) is 10.5. The Balaban J connectivity index is 2.31. The van der Waals surface area contributed by atoms with Gasteiger partial charge in [-0.2, -0.15) is 0 Å². The third kappa shape index (κ3) is 2.53. The standard InChI is InChI=1S/C9H5BrClFN2S/c10-9-14-13-8(15-9)4-5-6(11)2-1-3-7(5)12/h1-3H,4H2. The molecule has 0 saturated carbocycles. The normalized spacial score (nSPS) is 10.6. The summed E-state index contributed by atoms with van der Waals surface area (Å²) in [7, 11) is 0. The molecule has 2 aromatic rings. The van der Waals surface area contributed by atoms with Crippen LogP contribution in [0.5, 0.6) is 0 Å². The first-order chi connectivity index (χ1) is 7.16. The maximum atomic E-state index is 13.4. The van der Waals surface area contributed by atoms with Crippen LogP contribution in [0.15, 0.2) is 22.1 Å². The molecule has 0 N–H and O–H groups in total. The Labute approximate surface area is 103 Å². The molecule has 0 bridgehead atoms. The number of benzene rings is 1. The number of rotatable bonds is 2. The van der Waals surface area contributed by atoms with Gasteiger partial charge in [0, 0.05) is 17.0 Å². The van der Waals surface area contributed by atoms with E-state index in [-0.39, 0.29) is 5.82 Å². The van der Waals surface area contributed by atoms with Crippen LogP contribution in [0.4, 0.5) is 4.39 Å². The van der Waals surface area contributed by atoms with E-state index in [1.165, 1.54) is 17.4 Å². The number of hydrogen-bond donors (Lipinski definition) is 0. The second-order valence-corrected chi connectivity index (χ2v) is 5.57. The fourth-order valence-electron chi connectivity index (χ4n) is 1.16. The van der Waals surface area contributed by atoms with E-state index in [1.54, 1.807) is 12.1 Å². The van der Waals surface area contributed by atoms with Crippen LogP contribution in [0.25, 0.3) is 0 Å². The minimum atomic E-state index is -0.311. The van der Waals surface area contributed by atoms with Crippen molar-refractivity contribution in [1.82, 2.24) is 10.2 Å². The lowest BCUT2D eigenvalue weighted by atomic mass is 10.1. The van der Waals surface area contributed by atoms with Gasteiger partial charge in [-0.05, 0) is 28.1 Å². The summed E-state index contributed by atoms with van der Waals surface area (Å²) in [6, 6.07) is 4.63. The first-order valence-corrected chi connectivity index (χ1v) is 6.06. The highest BCUT2D eigenvalue weighted by Crippen LogP contribution is 2.24. The molecule has 78 valence electrons. The van der Waals surface area contributed by atoms with Gasteiger partial charge in [0.05, 0.1) is 0 Å². The van der Waals surface area contributed by atoms with Crippen LogP contribution in [0, 0.1) is 5.82 Å². The minimum absolute atomic E-state index is 0.311. The third-order valence-electron chi connectivity index (χ3n) is 1.83. The average Bonchev–Trinajstić information content (AvgIpc) is 2.58. The van der Waals surface area contributed by atoms with Crippen LogP contribution in [-0.4, -0.2) is 10.2 Å². The predicted molar refractivity (Wildman–Crippen MR) is 61.8 cm³/mol. The highest BCUT2D eigenvalue weighted by Gasteiger charge is 2.10. The van der Waals surface area contributed by atoms with Crippen LogP contribution >= 0.6 is 38.9 Å². The van der Waals surface area contributed by atoms with Crippen molar-refractivity contribution in [1.29, 1.82) is 0 Å². The van der Waals surface area contributed by atoms with Crippen LogP contribution < -0.4 is 0 Å². The van der Waals surface area contributed by atoms with E-state index in [4.69, 9.17) is 11.6 Å². The van der Waals surface area contributed by atoms with Crippen molar-refractivity contribution >= 4 is 38.9 Å². The van der Waals surface area contributed by atoms with Crippen molar-refractivity contribution in [2.45, 2.75) is 6.42 Å². The largest absolute Gasteiger partial charge is 0.207 e. The molecule has 1 heterocycles. The van der Waals surface area contributed by atoms with E-state index in [2.05, 4.69) is 26.1 Å². The Morgan fingerprint density at radius 1 is 1.40 bits per heavy atom. The van der Waals surface area contributed by atoms with Crippen LogP contribution in [-0.2, 0) is 6.42 Å². The molecular formula is C9H5BrClFN2S. The van der Waals surface area contributed by atoms with Crippen LogP contribution in [0.3, 0.4) is 0 Å². The predicted octanol–water partition coefficient (Wildman–Crippen LogP) is 3.68. The Kier molecular flexibility index (Phi) is 3.33. The maximum absolute atomic E-state index is 13.4. The molecule has 6 heteroatoms. The van der Waals surface area contributed by atoms with Gasteiger partial charge in [0.2, 0.25) is 0 Å². The SMILES string of the molecule is Fc1cccc(Cl)c1Cc1nnc(Br)s1. The Hall–Kier alpha value is -0.520. The van der Waals surface area contributed by atoms with E-state index >= 15 is 0 Å². The molecule has 1 aromatic carbocycles. The monoisotopic (exact) mass is 306 g/mol.